The molecular formula is C26H31N3O2. The van der Waals surface area contributed by atoms with Gasteiger partial charge in [-0.05, 0) is 57.2 Å². The number of rotatable bonds is 6. The van der Waals surface area contributed by atoms with Crippen molar-refractivity contribution >= 4 is 22.5 Å². The van der Waals surface area contributed by atoms with Crippen LogP contribution in [-0.4, -0.2) is 27.6 Å². The van der Waals surface area contributed by atoms with E-state index in [0.717, 1.165) is 47.8 Å². The Bertz CT molecular complexity index is 1020. The van der Waals surface area contributed by atoms with Gasteiger partial charge in [-0.2, -0.15) is 0 Å². The summed E-state index contributed by atoms with van der Waals surface area (Å²) in [6, 6.07) is 20.0. The first-order valence-corrected chi connectivity index (χ1v) is 11.1. The number of aliphatic hydroxyl groups is 1. The first-order chi connectivity index (χ1) is 14.9. The summed E-state index contributed by atoms with van der Waals surface area (Å²) in [5, 5.41) is 18.5. The Morgan fingerprint density at radius 3 is 2.42 bits per heavy atom. The second kappa shape index (κ2) is 9.16. The maximum absolute atomic E-state index is 12.9. The third-order valence-electron chi connectivity index (χ3n) is 6.23. The smallest absolute Gasteiger partial charge is 0.227 e. The second-order valence-electron chi connectivity index (χ2n) is 9.08. The highest BCUT2D eigenvalue weighted by atomic mass is 16.3. The van der Waals surface area contributed by atoms with E-state index in [0.29, 0.717) is 0 Å². The highest BCUT2D eigenvalue weighted by Gasteiger charge is 2.33. The maximum atomic E-state index is 12.9. The number of pyridine rings is 1. The number of amides is 1. The first kappa shape index (κ1) is 21.5. The van der Waals surface area contributed by atoms with Crippen LogP contribution in [0.4, 0.5) is 5.69 Å². The van der Waals surface area contributed by atoms with Crippen LogP contribution in [0, 0.1) is 5.92 Å². The molecule has 0 bridgehead atoms. The molecule has 0 spiro atoms. The lowest BCUT2D eigenvalue weighted by Crippen LogP contribution is -2.46. The second-order valence-corrected chi connectivity index (χ2v) is 9.08. The molecule has 162 valence electrons. The molecule has 5 nitrogen and oxygen atoms in total. The number of fused-ring (bicyclic) bond motifs is 1. The van der Waals surface area contributed by atoms with Crippen LogP contribution in [0.25, 0.3) is 10.9 Å². The number of anilines is 1. The van der Waals surface area contributed by atoms with Crippen LogP contribution >= 0.6 is 0 Å². The largest absolute Gasteiger partial charge is 0.388 e. The van der Waals surface area contributed by atoms with E-state index < -0.39 is 5.60 Å². The molecule has 0 saturated heterocycles. The third kappa shape index (κ3) is 5.12. The molecule has 1 heterocycles. The van der Waals surface area contributed by atoms with Crippen molar-refractivity contribution in [2.45, 2.75) is 57.2 Å². The molecule has 1 amide bonds. The average Bonchev–Trinajstić information content (AvgIpc) is 2.78. The highest BCUT2D eigenvalue weighted by molar-refractivity contribution is 6.01. The standard InChI is InChI=1S/C26H31N3O2/c1-26(2,31)24(19-8-4-3-5-9-19)28-21-15-13-20(14-16-21)25(30)29-22-12-6-10-18-11-7-17-27-23(18)22/h3-12,17,20-21,24,28,31H,13-16H2,1-2H3,(H,29,30)/t20?,21?,24-/m0/s1. The quantitative estimate of drug-likeness (QED) is 0.537. The SMILES string of the molecule is CC(C)(O)[C@@H](NC1CCC(C(=O)Nc2cccc3cccnc23)CC1)c1ccccc1. The molecular weight excluding hydrogens is 386 g/mol. The van der Waals surface area contributed by atoms with E-state index in [4.69, 9.17) is 0 Å². The number of para-hydroxylation sites is 1. The zero-order valence-corrected chi connectivity index (χ0v) is 18.2. The lowest BCUT2D eigenvalue weighted by Gasteiger charge is -2.37. The van der Waals surface area contributed by atoms with Gasteiger partial charge >= 0.3 is 0 Å². The van der Waals surface area contributed by atoms with E-state index in [2.05, 4.69) is 15.6 Å². The van der Waals surface area contributed by atoms with Crippen molar-refractivity contribution in [3.05, 3.63) is 72.4 Å². The molecule has 0 radical (unpaired) electrons. The van der Waals surface area contributed by atoms with Crippen molar-refractivity contribution in [3.8, 4) is 0 Å². The zero-order valence-electron chi connectivity index (χ0n) is 18.2. The Morgan fingerprint density at radius 1 is 1.00 bits per heavy atom. The Balaban J connectivity index is 1.37. The van der Waals surface area contributed by atoms with Crippen LogP contribution in [0.5, 0.6) is 0 Å². The summed E-state index contributed by atoms with van der Waals surface area (Å²) < 4.78 is 0. The number of nitrogens with one attached hydrogen (secondary N) is 2. The van der Waals surface area contributed by atoms with Gasteiger partial charge in [-0.25, -0.2) is 0 Å². The number of carbonyl (C=O) groups is 1. The van der Waals surface area contributed by atoms with Gasteiger partial charge in [0, 0.05) is 23.5 Å². The van der Waals surface area contributed by atoms with Gasteiger partial charge in [0.2, 0.25) is 5.91 Å². The Hall–Kier alpha value is -2.76. The van der Waals surface area contributed by atoms with Gasteiger partial charge in [0.05, 0.1) is 22.8 Å². The molecule has 1 aliphatic rings. The minimum absolute atomic E-state index is 0.00525. The van der Waals surface area contributed by atoms with Crippen molar-refractivity contribution in [1.29, 1.82) is 0 Å². The van der Waals surface area contributed by atoms with E-state index in [1.807, 2.05) is 74.5 Å². The van der Waals surface area contributed by atoms with E-state index in [-0.39, 0.29) is 23.9 Å². The molecule has 0 unspecified atom stereocenters. The van der Waals surface area contributed by atoms with Crippen LogP contribution in [0.3, 0.4) is 0 Å². The van der Waals surface area contributed by atoms with Gasteiger partial charge in [-0.15, -0.1) is 0 Å². The number of nitrogens with zero attached hydrogens (tertiary/aromatic N) is 1. The predicted molar refractivity (Wildman–Crippen MR) is 125 cm³/mol. The van der Waals surface area contributed by atoms with Gasteiger partial charge in [0.1, 0.15) is 0 Å². The van der Waals surface area contributed by atoms with E-state index in [1.165, 1.54) is 0 Å². The first-order valence-electron chi connectivity index (χ1n) is 11.1. The minimum atomic E-state index is -0.878. The number of hydrogen-bond donors (Lipinski definition) is 3. The number of carbonyl (C=O) groups excluding carboxylic acids is 1. The van der Waals surface area contributed by atoms with Gasteiger partial charge in [-0.3, -0.25) is 9.78 Å². The van der Waals surface area contributed by atoms with Crippen molar-refractivity contribution in [2.24, 2.45) is 5.92 Å². The van der Waals surface area contributed by atoms with Crippen LogP contribution < -0.4 is 10.6 Å². The molecule has 5 heteroatoms. The molecule has 1 fully saturated rings. The molecule has 1 aliphatic carbocycles. The summed E-state index contributed by atoms with van der Waals surface area (Å²) in [6.45, 7) is 3.68. The summed E-state index contributed by atoms with van der Waals surface area (Å²) in [6.07, 6.45) is 5.22. The maximum Gasteiger partial charge on any atom is 0.227 e. The summed E-state index contributed by atoms with van der Waals surface area (Å²) in [5.74, 6) is 0.0630. The Labute approximate surface area is 183 Å². The van der Waals surface area contributed by atoms with Crippen molar-refractivity contribution in [1.82, 2.24) is 10.3 Å². The third-order valence-corrected chi connectivity index (χ3v) is 6.23. The molecule has 31 heavy (non-hydrogen) atoms. The van der Waals surface area contributed by atoms with E-state index in [9.17, 15) is 9.90 Å². The van der Waals surface area contributed by atoms with Crippen molar-refractivity contribution in [2.75, 3.05) is 5.32 Å². The van der Waals surface area contributed by atoms with Crippen molar-refractivity contribution in [3.63, 3.8) is 0 Å². The molecule has 0 aliphatic heterocycles. The van der Waals surface area contributed by atoms with E-state index >= 15 is 0 Å². The topological polar surface area (TPSA) is 74.2 Å². The monoisotopic (exact) mass is 417 g/mol. The summed E-state index contributed by atoms with van der Waals surface area (Å²) >= 11 is 0. The fourth-order valence-electron chi connectivity index (χ4n) is 4.55. The lowest BCUT2D eigenvalue weighted by atomic mass is 9.83. The van der Waals surface area contributed by atoms with E-state index in [1.54, 1.807) is 6.20 Å². The van der Waals surface area contributed by atoms with Gasteiger partial charge in [0.25, 0.3) is 0 Å². The van der Waals surface area contributed by atoms with Crippen LogP contribution in [0.15, 0.2) is 66.9 Å². The summed E-state index contributed by atoms with van der Waals surface area (Å²) in [7, 11) is 0. The molecule has 1 saturated carbocycles. The fourth-order valence-corrected chi connectivity index (χ4v) is 4.55. The van der Waals surface area contributed by atoms with Crippen molar-refractivity contribution < 1.29 is 9.90 Å². The highest BCUT2D eigenvalue weighted by Crippen LogP contribution is 2.31. The summed E-state index contributed by atoms with van der Waals surface area (Å²) in [5.41, 5.74) is 1.80. The van der Waals surface area contributed by atoms with Crippen LogP contribution in [0.1, 0.15) is 51.1 Å². The molecule has 3 N–H and O–H groups in total. The van der Waals surface area contributed by atoms with Gasteiger partial charge < -0.3 is 15.7 Å². The molecule has 3 aromatic rings. The van der Waals surface area contributed by atoms with Crippen LogP contribution in [-0.2, 0) is 4.79 Å². The number of benzene rings is 2. The predicted octanol–water partition coefficient (Wildman–Crippen LogP) is 4.83. The van der Waals surface area contributed by atoms with Gasteiger partial charge in [0.15, 0.2) is 0 Å². The molecule has 2 aromatic carbocycles. The normalized spacial score (nSPS) is 20.4. The number of aromatic nitrogens is 1. The lowest BCUT2D eigenvalue weighted by molar-refractivity contribution is -0.120. The zero-order chi connectivity index (χ0) is 21.8. The van der Waals surface area contributed by atoms with Gasteiger partial charge in [-0.1, -0.05) is 48.5 Å². The molecule has 1 atom stereocenters. The number of hydrogen-bond acceptors (Lipinski definition) is 4. The fraction of sp³-hybridized carbons (Fsp3) is 0.385. The molecule has 4 rings (SSSR count). The summed E-state index contributed by atoms with van der Waals surface area (Å²) in [4.78, 5) is 17.3. The molecule has 1 aromatic heterocycles. The average molecular weight is 418 g/mol. The minimum Gasteiger partial charge on any atom is -0.388 e. The van der Waals surface area contributed by atoms with Crippen LogP contribution in [0.2, 0.25) is 0 Å². The Morgan fingerprint density at radius 2 is 1.71 bits per heavy atom. The Kier molecular flexibility index (Phi) is 6.35.